The van der Waals surface area contributed by atoms with E-state index in [-0.39, 0.29) is 11.3 Å². The smallest absolute Gasteiger partial charge is 0.329 e. The number of nitrogens with one attached hydrogen (secondary N) is 2. The fourth-order valence-electron chi connectivity index (χ4n) is 2.01. The van der Waals surface area contributed by atoms with E-state index in [4.69, 9.17) is 0 Å². The number of hydrogen-bond acceptors (Lipinski definition) is 6. The molecule has 2 aromatic carbocycles. The van der Waals surface area contributed by atoms with Crippen molar-refractivity contribution in [3.63, 3.8) is 0 Å². The number of nitrogens with zero attached hydrogens (tertiary/aromatic N) is 2. The molecule has 0 aliphatic heterocycles. The van der Waals surface area contributed by atoms with Crippen LogP contribution in [0.25, 0.3) is 0 Å². The Morgan fingerprint density at radius 2 is 1.85 bits per heavy atom. The Balaban J connectivity index is 2.03. The van der Waals surface area contributed by atoms with Gasteiger partial charge in [0.05, 0.1) is 11.1 Å². The second-order valence-electron chi connectivity index (χ2n) is 5.45. The van der Waals surface area contributed by atoms with Gasteiger partial charge in [-0.05, 0) is 36.6 Å². The summed E-state index contributed by atoms with van der Waals surface area (Å²) < 4.78 is 0. The maximum atomic E-state index is 11.9. The third kappa shape index (κ3) is 4.63. The molecule has 0 atom stereocenters. The van der Waals surface area contributed by atoms with Gasteiger partial charge in [0.15, 0.2) is 0 Å². The highest BCUT2D eigenvalue weighted by molar-refractivity contribution is 6.39. The second-order valence-corrected chi connectivity index (χ2v) is 5.45. The largest absolute Gasteiger partial charge is 0.872 e. The quantitative estimate of drug-likeness (QED) is 0.369. The molecule has 2 N–H and O–H groups in total. The fraction of sp³-hybridized carbons (Fsp3) is 0.118. The number of hydrazone groups is 1. The molecule has 0 radical (unpaired) electrons. The lowest BCUT2D eigenvalue weighted by molar-refractivity contribution is -0.385. The maximum absolute atomic E-state index is 11.9. The van der Waals surface area contributed by atoms with E-state index in [1.165, 1.54) is 0 Å². The molecular formula is C17H15N4O5-. The van der Waals surface area contributed by atoms with Gasteiger partial charge in [0.1, 0.15) is 0 Å². The average Bonchev–Trinajstić information content (AvgIpc) is 2.59. The number of benzene rings is 2. The summed E-state index contributed by atoms with van der Waals surface area (Å²) in [6.07, 6.45) is 0.943. The maximum Gasteiger partial charge on any atom is 0.329 e. The van der Waals surface area contributed by atoms with Crippen LogP contribution in [0.5, 0.6) is 5.75 Å². The highest BCUT2D eigenvalue weighted by atomic mass is 16.6. The Kier molecular flexibility index (Phi) is 5.63. The van der Waals surface area contributed by atoms with Gasteiger partial charge in [0.25, 0.3) is 5.69 Å². The number of nitro groups is 1. The Morgan fingerprint density at radius 1 is 1.12 bits per heavy atom. The van der Waals surface area contributed by atoms with Gasteiger partial charge >= 0.3 is 11.8 Å². The molecule has 2 rings (SSSR count). The molecule has 0 fully saturated rings. The Labute approximate surface area is 148 Å². The Bertz CT molecular complexity index is 908. The minimum Gasteiger partial charge on any atom is -0.872 e. The molecule has 0 aromatic heterocycles. The van der Waals surface area contributed by atoms with Crippen molar-refractivity contribution >= 4 is 29.4 Å². The van der Waals surface area contributed by atoms with Gasteiger partial charge in [0, 0.05) is 17.8 Å². The molecule has 9 heteroatoms. The van der Waals surface area contributed by atoms with E-state index >= 15 is 0 Å². The number of hydrogen-bond donors (Lipinski definition) is 2. The zero-order valence-corrected chi connectivity index (χ0v) is 14.0. The third-order valence-corrected chi connectivity index (χ3v) is 3.42. The molecule has 2 aromatic rings. The van der Waals surface area contributed by atoms with Crippen molar-refractivity contribution in [3.8, 4) is 5.75 Å². The van der Waals surface area contributed by atoms with Gasteiger partial charge in [-0.25, -0.2) is 5.43 Å². The van der Waals surface area contributed by atoms with Crippen LogP contribution in [0, 0.1) is 24.0 Å². The van der Waals surface area contributed by atoms with Crippen LogP contribution < -0.4 is 15.8 Å². The molecule has 0 spiro atoms. The molecule has 0 saturated carbocycles. The first-order valence-electron chi connectivity index (χ1n) is 7.45. The van der Waals surface area contributed by atoms with Gasteiger partial charge in [-0.15, -0.1) is 0 Å². The van der Waals surface area contributed by atoms with Crippen LogP contribution in [0.4, 0.5) is 11.4 Å². The summed E-state index contributed by atoms with van der Waals surface area (Å²) in [6, 6.07) is 8.50. The van der Waals surface area contributed by atoms with E-state index in [9.17, 15) is 24.8 Å². The number of anilines is 1. The van der Waals surface area contributed by atoms with E-state index < -0.39 is 22.5 Å². The van der Waals surface area contributed by atoms with Crippen molar-refractivity contribution in [1.82, 2.24) is 5.43 Å². The fourth-order valence-corrected chi connectivity index (χ4v) is 2.01. The molecule has 0 aliphatic rings. The number of carbonyl (C=O) groups is 2. The highest BCUT2D eigenvalue weighted by Gasteiger charge is 2.14. The topological polar surface area (TPSA) is 137 Å². The lowest BCUT2D eigenvalue weighted by Crippen LogP contribution is -2.32. The summed E-state index contributed by atoms with van der Waals surface area (Å²) in [6.45, 7) is 3.63. The average molecular weight is 355 g/mol. The van der Waals surface area contributed by atoms with Crippen LogP contribution in [0.15, 0.2) is 41.5 Å². The lowest BCUT2D eigenvalue weighted by Gasteiger charge is -2.09. The molecule has 0 heterocycles. The number of rotatable bonds is 4. The minimum atomic E-state index is -1.04. The monoisotopic (exact) mass is 355 g/mol. The summed E-state index contributed by atoms with van der Waals surface area (Å²) >= 11 is 0. The van der Waals surface area contributed by atoms with Crippen LogP contribution in [0.3, 0.4) is 0 Å². The molecule has 0 saturated heterocycles. The van der Waals surface area contributed by atoms with Crippen molar-refractivity contribution in [1.29, 1.82) is 0 Å². The van der Waals surface area contributed by atoms with E-state index in [0.29, 0.717) is 5.69 Å². The summed E-state index contributed by atoms with van der Waals surface area (Å²) in [7, 11) is 0. The lowest BCUT2D eigenvalue weighted by atomic mass is 10.1. The predicted octanol–water partition coefficient (Wildman–Crippen LogP) is 1.37. The number of amides is 2. The van der Waals surface area contributed by atoms with E-state index in [0.717, 1.165) is 35.5 Å². The van der Waals surface area contributed by atoms with Crippen molar-refractivity contribution < 1.29 is 19.6 Å². The Hall–Kier alpha value is -3.75. The van der Waals surface area contributed by atoms with E-state index in [1.54, 1.807) is 19.1 Å². The predicted molar refractivity (Wildman–Crippen MR) is 92.8 cm³/mol. The van der Waals surface area contributed by atoms with Gasteiger partial charge in [-0.3, -0.25) is 19.7 Å². The standard InChI is InChI=1S/C17H16N4O5/c1-10-3-4-11(2)14(7-10)19-16(23)17(24)20-18-9-12-8-13(21(25)26)5-6-15(12)22/h3-9,22H,1-2H3,(H,19,23)(H,20,24)/p-1/b18-9-. The van der Waals surface area contributed by atoms with Gasteiger partial charge in [0.2, 0.25) is 0 Å². The first-order chi connectivity index (χ1) is 12.3. The molecule has 26 heavy (non-hydrogen) atoms. The van der Waals surface area contributed by atoms with Crippen LogP contribution in [-0.4, -0.2) is 23.0 Å². The summed E-state index contributed by atoms with van der Waals surface area (Å²) in [5.41, 5.74) is 3.79. The van der Waals surface area contributed by atoms with Crippen LogP contribution in [0.2, 0.25) is 0 Å². The number of nitro benzene ring substituents is 1. The molecule has 0 bridgehead atoms. The second kappa shape index (κ2) is 7.88. The van der Waals surface area contributed by atoms with Crippen molar-refractivity contribution in [2.75, 3.05) is 5.32 Å². The summed E-state index contributed by atoms with van der Waals surface area (Å²) in [5, 5.41) is 28.3. The van der Waals surface area contributed by atoms with Crippen molar-refractivity contribution in [2.24, 2.45) is 5.10 Å². The van der Waals surface area contributed by atoms with Gasteiger partial charge in [-0.1, -0.05) is 23.9 Å². The molecule has 2 amide bonds. The SMILES string of the molecule is Cc1ccc(C)c(NC(=O)C(=O)N/N=C\c2cc([N+](=O)[O-])ccc2[O-])c1. The van der Waals surface area contributed by atoms with Gasteiger partial charge < -0.3 is 10.4 Å². The Morgan fingerprint density at radius 3 is 2.54 bits per heavy atom. The van der Waals surface area contributed by atoms with Crippen molar-refractivity contribution in [2.45, 2.75) is 13.8 Å². The van der Waals surface area contributed by atoms with Crippen molar-refractivity contribution in [3.05, 3.63) is 63.2 Å². The third-order valence-electron chi connectivity index (χ3n) is 3.42. The van der Waals surface area contributed by atoms with Gasteiger partial charge in [-0.2, -0.15) is 5.10 Å². The zero-order valence-electron chi connectivity index (χ0n) is 14.0. The van der Waals surface area contributed by atoms with Crippen LogP contribution >= 0.6 is 0 Å². The summed E-state index contributed by atoms with van der Waals surface area (Å²) in [4.78, 5) is 33.7. The van der Waals surface area contributed by atoms with Crippen LogP contribution in [0.1, 0.15) is 16.7 Å². The molecular weight excluding hydrogens is 340 g/mol. The first-order valence-corrected chi connectivity index (χ1v) is 7.45. The van der Waals surface area contributed by atoms with E-state index in [1.807, 2.05) is 18.4 Å². The highest BCUT2D eigenvalue weighted by Crippen LogP contribution is 2.19. The number of non-ortho nitro benzene ring substituents is 1. The molecule has 0 unspecified atom stereocenters. The van der Waals surface area contributed by atoms with E-state index in [2.05, 4.69) is 10.4 Å². The van der Waals surface area contributed by atoms with Crippen LogP contribution in [-0.2, 0) is 9.59 Å². The number of aryl methyl sites for hydroxylation is 2. The normalized spacial score (nSPS) is 10.5. The first kappa shape index (κ1) is 18.6. The molecule has 134 valence electrons. The molecule has 9 nitrogen and oxygen atoms in total. The number of carbonyl (C=O) groups excluding carboxylic acids is 2. The zero-order chi connectivity index (χ0) is 19.3. The summed E-state index contributed by atoms with van der Waals surface area (Å²) in [5.74, 6) is -2.48. The minimum absolute atomic E-state index is 0.0885. The molecule has 0 aliphatic carbocycles.